The minimum Gasteiger partial charge on any atom is -0.311 e. The smallest absolute Gasteiger partial charge is 0.311 e. The summed E-state index contributed by atoms with van der Waals surface area (Å²) >= 11 is 0. The van der Waals surface area contributed by atoms with E-state index >= 15 is 0 Å². The van der Waals surface area contributed by atoms with Gasteiger partial charge in [0.05, 0.1) is 6.42 Å². The summed E-state index contributed by atoms with van der Waals surface area (Å²) < 4.78 is 36.6. The fraction of sp³-hybridized carbons (Fsp3) is 1.00. The second-order valence-corrected chi connectivity index (χ2v) is 5.07. The molecule has 94 valence electrons. The maximum atomic E-state index is 12.2. The van der Waals surface area contributed by atoms with Gasteiger partial charge in [0.25, 0.3) is 0 Å². The molecule has 1 heterocycles. The number of hydrogen-bond acceptors (Lipinski definition) is 2. The van der Waals surface area contributed by atoms with Gasteiger partial charge in [-0.25, -0.2) is 0 Å². The van der Waals surface area contributed by atoms with E-state index < -0.39 is 12.6 Å². The first-order valence-electron chi connectivity index (χ1n) is 6.00. The lowest BCUT2D eigenvalue weighted by Gasteiger charge is -2.39. The lowest BCUT2D eigenvalue weighted by molar-refractivity contribution is -0.140. The third kappa shape index (κ3) is 3.35. The van der Waals surface area contributed by atoms with Crippen LogP contribution in [0.4, 0.5) is 13.2 Å². The molecular formula is C11H19F3N2. The molecule has 0 aromatic heterocycles. The van der Waals surface area contributed by atoms with Crippen molar-refractivity contribution in [3.8, 4) is 0 Å². The lowest BCUT2D eigenvalue weighted by Crippen LogP contribution is -2.56. The van der Waals surface area contributed by atoms with Crippen molar-refractivity contribution in [2.45, 2.75) is 44.4 Å². The number of halogens is 3. The van der Waals surface area contributed by atoms with Gasteiger partial charge < -0.3 is 5.32 Å². The number of nitrogens with zero attached hydrogens (tertiary/aromatic N) is 1. The highest BCUT2D eigenvalue weighted by molar-refractivity contribution is 4.94. The first-order valence-corrected chi connectivity index (χ1v) is 6.00. The van der Waals surface area contributed by atoms with E-state index in [2.05, 4.69) is 5.32 Å². The first-order chi connectivity index (χ1) is 7.46. The van der Waals surface area contributed by atoms with Gasteiger partial charge in [0.15, 0.2) is 0 Å². The predicted molar refractivity (Wildman–Crippen MR) is 56.2 cm³/mol. The molecule has 0 radical (unpaired) electrons. The fourth-order valence-electron chi connectivity index (χ4n) is 2.48. The van der Waals surface area contributed by atoms with Crippen LogP contribution >= 0.6 is 0 Å². The minimum atomic E-state index is -4.03. The van der Waals surface area contributed by atoms with Crippen molar-refractivity contribution in [1.29, 1.82) is 0 Å². The zero-order chi connectivity index (χ0) is 11.8. The zero-order valence-corrected chi connectivity index (χ0v) is 9.56. The average molecular weight is 236 g/mol. The standard InChI is InChI=1S/C11H19F3N2/c1-8-7-16(5-4-11(12,13)14)10(6-15-8)9-2-3-9/h8-10,15H,2-7H2,1H3. The van der Waals surface area contributed by atoms with E-state index in [9.17, 15) is 13.2 Å². The van der Waals surface area contributed by atoms with E-state index in [-0.39, 0.29) is 6.54 Å². The maximum absolute atomic E-state index is 12.2. The molecule has 2 rings (SSSR count). The quantitative estimate of drug-likeness (QED) is 0.806. The molecule has 2 unspecified atom stereocenters. The third-order valence-corrected chi connectivity index (χ3v) is 3.50. The van der Waals surface area contributed by atoms with Crippen molar-refractivity contribution in [1.82, 2.24) is 10.2 Å². The number of nitrogens with one attached hydrogen (secondary N) is 1. The minimum absolute atomic E-state index is 0.163. The van der Waals surface area contributed by atoms with Crippen LogP contribution in [0.2, 0.25) is 0 Å². The Labute approximate surface area is 94.2 Å². The van der Waals surface area contributed by atoms with Crippen LogP contribution in [0.5, 0.6) is 0 Å². The second kappa shape index (κ2) is 4.53. The van der Waals surface area contributed by atoms with Gasteiger partial charge in [-0.15, -0.1) is 0 Å². The molecule has 0 aromatic carbocycles. The van der Waals surface area contributed by atoms with Crippen molar-refractivity contribution in [3.63, 3.8) is 0 Å². The highest BCUT2D eigenvalue weighted by Gasteiger charge is 2.39. The third-order valence-electron chi connectivity index (χ3n) is 3.50. The van der Waals surface area contributed by atoms with Crippen LogP contribution in [0.25, 0.3) is 0 Å². The Balaban J connectivity index is 1.87. The molecule has 0 spiro atoms. The highest BCUT2D eigenvalue weighted by Crippen LogP contribution is 2.36. The predicted octanol–water partition coefficient (Wildman–Crippen LogP) is 2.01. The van der Waals surface area contributed by atoms with Gasteiger partial charge in [-0.2, -0.15) is 13.2 Å². The van der Waals surface area contributed by atoms with Gasteiger partial charge >= 0.3 is 6.18 Å². The van der Waals surface area contributed by atoms with Gasteiger partial charge in [-0.3, -0.25) is 4.90 Å². The monoisotopic (exact) mass is 236 g/mol. The van der Waals surface area contributed by atoms with Gasteiger partial charge in [-0.1, -0.05) is 0 Å². The molecule has 1 saturated heterocycles. The van der Waals surface area contributed by atoms with E-state index in [0.717, 1.165) is 13.1 Å². The summed E-state index contributed by atoms with van der Waals surface area (Å²) in [6.45, 7) is 3.79. The molecule has 1 saturated carbocycles. The molecule has 0 aromatic rings. The van der Waals surface area contributed by atoms with E-state index in [0.29, 0.717) is 18.0 Å². The summed E-state index contributed by atoms with van der Waals surface area (Å²) in [7, 11) is 0. The van der Waals surface area contributed by atoms with Crippen LogP contribution in [-0.4, -0.2) is 42.8 Å². The normalized spacial score (nSPS) is 33.0. The molecule has 1 N–H and O–H groups in total. The van der Waals surface area contributed by atoms with Crippen molar-refractivity contribution in [2.24, 2.45) is 5.92 Å². The molecule has 2 nitrogen and oxygen atoms in total. The highest BCUT2D eigenvalue weighted by atomic mass is 19.4. The van der Waals surface area contributed by atoms with Gasteiger partial charge in [0.1, 0.15) is 0 Å². The van der Waals surface area contributed by atoms with Crippen molar-refractivity contribution in [3.05, 3.63) is 0 Å². The molecule has 1 aliphatic carbocycles. The van der Waals surface area contributed by atoms with Gasteiger partial charge in [-0.05, 0) is 25.7 Å². The molecule has 2 aliphatic rings. The van der Waals surface area contributed by atoms with Gasteiger partial charge in [0, 0.05) is 31.7 Å². The zero-order valence-electron chi connectivity index (χ0n) is 9.56. The Morgan fingerprint density at radius 1 is 1.31 bits per heavy atom. The summed E-state index contributed by atoms with van der Waals surface area (Å²) in [6.07, 6.45) is -2.34. The Morgan fingerprint density at radius 2 is 2.00 bits per heavy atom. The molecule has 5 heteroatoms. The lowest BCUT2D eigenvalue weighted by atomic mass is 10.1. The Bertz CT molecular complexity index is 238. The van der Waals surface area contributed by atoms with E-state index in [1.54, 1.807) is 0 Å². The molecule has 2 fully saturated rings. The summed E-state index contributed by atoms with van der Waals surface area (Å²) in [4.78, 5) is 2.03. The van der Waals surface area contributed by atoms with Crippen molar-refractivity contribution < 1.29 is 13.2 Å². The number of hydrogen-bond donors (Lipinski definition) is 1. The van der Waals surface area contributed by atoms with E-state index in [4.69, 9.17) is 0 Å². The summed E-state index contributed by atoms with van der Waals surface area (Å²) in [5, 5.41) is 3.36. The molecular weight excluding hydrogens is 217 g/mol. The molecule has 2 atom stereocenters. The first kappa shape index (κ1) is 12.2. The van der Waals surface area contributed by atoms with Crippen molar-refractivity contribution in [2.75, 3.05) is 19.6 Å². The fourth-order valence-corrected chi connectivity index (χ4v) is 2.48. The van der Waals surface area contributed by atoms with Crippen LogP contribution in [-0.2, 0) is 0 Å². The van der Waals surface area contributed by atoms with Crippen LogP contribution in [0.3, 0.4) is 0 Å². The Kier molecular flexibility index (Phi) is 3.45. The molecule has 1 aliphatic heterocycles. The average Bonchev–Trinajstić information content (AvgIpc) is 2.97. The second-order valence-electron chi connectivity index (χ2n) is 5.07. The SMILES string of the molecule is CC1CN(CCC(F)(F)F)C(C2CC2)CN1. The summed E-state index contributed by atoms with van der Waals surface area (Å²) in [5.41, 5.74) is 0. The maximum Gasteiger partial charge on any atom is 0.390 e. The summed E-state index contributed by atoms with van der Waals surface area (Å²) in [5.74, 6) is 0.633. The topological polar surface area (TPSA) is 15.3 Å². The Morgan fingerprint density at radius 3 is 2.56 bits per heavy atom. The number of alkyl halides is 3. The van der Waals surface area contributed by atoms with Gasteiger partial charge in [0.2, 0.25) is 0 Å². The van der Waals surface area contributed by atoms with Crippen LogP contribution in [0, 0.1) is 5.92 Å². The van der Waals surface area contributed by atoms with Crippen LogP contribution in [0.1, 0.15) is 26.2 Å². The number of piperazine rings is 1. The summed E-state index contributed by atoms with van der Waals surface area (Å²) in [6, 6.07) is 0.641. The van der Waals surface area contributed by atoms with E-state index in [1.807, 2.05) is 11.8 Å². The van der Waals surface area contributed by atoms with Crippen LogP contribution < -0.4 is 5.32 Å². The molecule has 0 bridgehead atoms. The molecule has 16 heavy (non-hydrogen) atoms. The molecule has 0 amide bonds. The van der Waals surface area contributed by atoms with Crippen molar-refractivity contribution >= 4 is 0 Å². The number of rotatable bonds is 3. The Hall–Kier alpha value is -0.290. The van der Waals surface area contributed by atoms with E-state index in [1.165, 1.54) is 12.8 Å². The van der Waals surface area contributed by atoms with Crippen LogP contribution in [0.15, 0.2) is 0 Å². The largest absolute Gasteiger partial charge is 0.390 e.